The van der Waals surface area contributed by atoms with Gasteiger partial charge in [0.2, 0.25) is 0 Å². The fourth-order valence-corrected chi connectivity index (χ4v) is 2.30. The van der Waals surface area contributed by atoms with Crippen LogP contribution in [0.1, 0.15) is 59.3 Å². The summed E-state index contributed by atoms with van der Waals surface area (Å²) in [6.07, 6.45) is 8.51. The minimum Gasteiger partial charge on any atom is -0.374 e. The first kappa shape index (κ1) is 13.0. The van der Waals surface area contributed by atoms with Crippen LogP contribution in [-0.4, -0.2) is 24.8 Å². The van der Waals surface area contributed by atoms with E-state index in [1.807, 2.05) is 0 Å². The summed E-state index contributed by atoms with van der Waals surface area (Å²) in [5.74, 6) is 0. The van der Waals surface area contributed by atoms with Crippen molar-refractivity contribution in [3.05, 3.63) is 0 Å². The van der Waals surface area contributed by atoms with Crippen LogP contribution in [-0.2, 0) is 4.74 Å². The molecule has 0 aromatic rings. The van der Waals surface area contributed by atoms with Gasteiger partial charge in [0.25, 0.3) is 0 Å². The summed E-state index contributed by atoms with van der Waals surface area (Å²) in [6.45, 7) is 7.80. The molecule has 1 rings (SSSR count). The van der Waals surface area contributed by atoms with Gasteiger partial charge in [-0.1, -0.05) is 26.7 Å². The first-order valence-corrected chi connectivity index (χ1v) is 6.66. The quantitative estimate of drug-likeness (QED) is 0.701. The van der Waals surface area contributed by atoms with Crippen molar-refractivity contribution in [2.45, 2.75) is 77.5 Å². The van der Waals surface area contributed by atoms with Crippen LogP contribution in [0.15, 0.2) is 0 Å². The minimum absolute atomic E-state index is 0.470. The average molecular weight is 213 g/mol. The fourth-order valence-electron chi connectivity index (χ4n) is 2.30. The highest BCUT2D eigenvalue weighted by Crippen LogP contribution is 2.24. The van der Waals surface area contributed by atoms with Crippen LogP contribution < -0.4 is 5.32 Å². The van der Waals surface area contributed by atoms with Crippen molar-refractivity contribution in [2.75, 3.05) is 6.54 Å². The van der Waals surface area contributed by atoms with E-state index in [0.717, 1.165) is 6.54 Å². The molecule has 3 atom stereocenters. The molecular formula is C13H27NO. The molecule has 90 valence electrons. The summed E-state index contributed by atoms with van der Waals surface area (Å²) in [4.78, 5) is 0. The lowest BCUT2D eigenvalue weighted by atomic mass is 10.0. The van der Waals surface area contributed by atoms with Crippen molar-refractivity contribution in [3.63, 3.8) is 0 Å². The number of hydrogen-bond acceptors (Lipinski definition) is 2. The minimum atomic E-state index is 0.470. The summed E-state index contributed by atoms with van der Waals surface area (Å²) in [5, 5.41) is 3.64. The number of hydrogen-bond donors (Lipinski definition) is 1. The van der Waals surface area contributed by atoms with Crippen LogP contribution in [0, 0.1) is 0 Å². The van der Waals surface area contributed by atoms with Crippen LogP contribution in [0.4, 0.5) is 0 Å². The van der Waals surface area contributed by atoms with E-state index in [1.54, 1.807) is 0 Å². The monoisotopic (exact) mass is 213 g/mol. The normalized spacial score (nSPS) is 28.2. The molecule has 0 bridgehead atoms. The lowest BCUT2D eigenvalue weighted by Crippen LogP contribution is -2.40. The maximum absolute atomic E-state index is 5.96. The molecule has 0 radical (unpaired) electrons. The van der Waals surface area contributed by atoms with Gasteiger partial charge in [-0.25, -0.2) is 0 Å². The summed E-state index contributed by atoms with van der Waals surface area (Å²) in [5.41, 5.74) is 0. The highest BCUT2D eigenvalue weighted by Gasteiger charge is 2.28. The van der Waals surface area contributed by atoms with E-state index in [4.69, 9.17) is 4.74 Å². The second kappa shape index (κ2) is 7.24. The van der Waals surface area contributed by atoms with Gasteiger partial charge >= 0.3 is 0 Å². The van der Waals surface area contributed by atoms with E-state index in [-0.39, 0.29) is 0 Å². The van der Waals surface area contributed by atoms with Gasteiger partial charge in [-0.3, -0.25) is 0 Å². The molecule has 3 unspecified atom stereocenters. The van der Waals surface area contributed by atoms with E-state index in [2.05, 4.69) is 26.1 Å². The van der Waals surface area contributed by atoms with Crippen LogP contribution >= 0.6 is 0 Å². The van der Waals surface area contributed by atoms with Gasteiger partial charge in [-0.2, -0.15) is 0 Å². The Morgan fingerprint density at radius 2 is 2.07 bits per heavy atom. The molecule has 0 aliphatic carbocycles. The molecule has 1 aliphatic heterocycles. The topological polar surface area (TPSA) is 21.3 Å². The molecule has 1 aliphatic rings. The third kappa shape index (κ3) is 4.52. The SMILES string of the molecule is CCCCC(NCCC)C1CCC(C)O1. The molecule has 1 N–H and O–H groups in total. The maximum atomic E-state index is 5.96. The zero-order chi connectivity index (χ0) is 11.1. The predicted octanol–water partition coefficient (Wildman–Crippen LogP) is 3.11. The van der Waals surface area contributed by atoms with Gasteiger partial charge in [0.15, 0.2) is 0 Å². The molecule has 2 heteroatoms. The Morgan fingerprint density at radius 1 is 1.27 bits per heavy atom. The number of ether oxygens (including phenoxy) is 1. The zero-order valence-corrected chi connectivity index (χ0v) is 10.6. The standard InChI is InChI=1S/C13H27NO/c1-4-6-7-12(14-10-5-2)13-9-8-11(3)15-13/h11-14H,4-10H2,1-3H3. The molecule has 2 nitrogen and oxygen atoms in total. The van der Waals surface area contributed by atoms with E-state index in [0.29, 0.717) is 18.2 Å². The van der Waals surface area contributed by atoms with Crippen molar-refractivity contribution in [2.24, 2.45) is 0 Å². The predicted molar refractivity (Wildman–Crippen MR) is 65.2 cm³/mol. The third-order valence-corrected chi connectivity index (χ3v) is 3.24. The Bertz CT molecular complexity index is 153. The van der Waals surface area contributed by atoms with Crippen molar-refractivity contribution in [3.8, 4) is 0 Å². The molecule has 0 spiro atoms. The summed E-state index contributed by atoms with van der Waals surface area (Å²) in [6, 6.07) is 0.592. The van der Waals surface area contributed by atoms with Gasteiger partial charge < -0.3 is 10.1 Å². The lowest BCUT2D eigenvalue weighted by molar-refractivity contribution is 0.0296. The first-order valence-electron chi connectivity index (χ1n) is 6.66. The molecule has 0 aromatic heterocycles. The van der Waals surface area contributed by atoms with Crippen LogP contribution in [0.5, 0.6) is 0 Å². The molecule has 0 saturated carbocycles. The molecule has 15 heavy (non-hydrogen) atoms. The maximum Gasteiger partial charge on any atom is 0.0732 e. The highest BCUT2D eigenvalue weighted by molar-refractivity contribution is 4.82. The molecule has 0 aromatic carbocycles. The Morgan fingerprint density at radius 3 is 2.60 bits per heavy atom. The van der Waals surface area contributed by atoms with E-state index >= 15 is 0 Å². The van der Waals surface area contributed by atoms with Crippen molar-refractivity contribution < 1.29 is 4.74 Å². The molecule has 1 fully saturated rings. The van der Waals surface area contributed by atoms with E-state index in [1.165, 1.54) is 38.5 Å². The third-order valence-electron chi connectivity index (χ3n) is 3.24. The lowest BCUT2D eigenvalue weighted by Gasteiger charge is -2.24. The largest absolute Gasteiger partial charge is 0.374 e. The van der Waals surface area contributed by atoms with Gasteiger partial charge in [-0.15, -0.1) is 0 Å². The fraction of sp³-hybridized carbons (Fsp3) is 1.00. The van der Waals surface area contributed by atoms with E-state index < -0.39 is 0 Å². The van der Waals surface area contributed by atoms with Crippen molar-refractivity contribution in [1.82, 2.24) is 5.32 Å². The first-order chi connectivity index (χ1) is 7.27. The number of nitrogens with one attached hydrogen (secondary N) is 1. The Balaban J connectivity index is 2.32. The average Bonchev–Trinajstić information content (AvgIpc) is 2.65. The molecule has 1 heterocycles. The van der Waals surface area contributed by atoms with Crippen molar-refractivity contribution >= 4 is 0 Å². The van der Waals surface area contributed by atoms with Crippen LogP contribution in [0.3, 0.4) is 0 Å². The summed E-state index contributed by atoms with van der Waals surface area (Å²) < 4.78 is 5.96. The number of unbranched alkanes of at least 4 members (excludes halogenated alkanes) is 1. The van der Waals surface area contributed by atoms with Crippen LogP contribution in [0.2, 0.25) is 0 Å². The second-order valence-electron chi connectivity index (χ2n) is 4.77. The Labute approximate surface area is 94.8 Å². The van der Waals surface area contributed by atoms with Gasteiger partial charge in [-0.05, 0) is 39.2 Å². The Kier molecular flexibility index (Phi) is 6.26. The van der Waals surface area contributed by atoms with Gasteiger partial charge in [0, 0.05) is 6.04 Å². The summed E-state index contributed by atoms with van der Waals surface area (Å²) >= 11 is 0. The smallest absolute Gasteiger partial charge is 0.0732 e. The van der Waals surface area contributed by atoms with Crippen LogP contribution in [0.25, 0.3) is 0 Å². The van der Waals surface area contributed by atoms with Gasteiger partial charge in [0.1, 0.15) is 0 Å². The molecule has 0 amide bonds. The van der Waals surface area contributed by atoms with Gasteiger partial charge in [0.05, 0.1) is 12.2 Å². The van der Waals surface area contributed by atoms with E-state index in [9.17, 15) is 0 Å². The highest BCUT2D eigenvalue weighted by atomic mass is 16.5. The van der Waals surface area contributed by atoms with Crippen molar-refractivity contribution in [1.29, 1.82) is 0 Å². The summed E-state index contributed by atoms with van der Waals surface area (Å²) in [7, 11) is 0. The second-order valence-corrected chi connectivity index (χ2v) is 4.77. The number of rotatable bonds is 7. The molecular weight excluding hydrogens is 186 g/mol. The Hall–Kier alpha value is -0.0800. The molecule has 1 saturated heterocycles. The zero-order valence-electron chi connectivity index (χ0n) is 10.6.